The maximum Gasteiger partial charge on any atom is 0.354 e. The molecular formula is C12H15N3O2. The van der Waals surface area contributed by atoms with E-state index in [-0.39, 0.29) is 5.69 Å². The normalized spacial score (nSPS) is 10.0. The molecule has 1 aromatic rings. The third kappa shape index (κ3) is 3.76. The van der Waals surface area contributed by atoms with Crippen molar-refractivity contribution in [3.05, 3.63) is 23.4 Å². The Hall–Kier alpha value is -2.09. The van der Waals surface area contributed by atoms with Gasteiger partial charge in [0, 0.05) is 6.54 Å². The molecule has 5 heteroatoms. The molecule has 0 saturated heterocycles. The van der Waals surface area contributed by atoms with Gasteiger partial charge in [0.1, 0.15) is 11.9 Å². The molecule has 2 N–H and O–H groups in total. The van der Waals surface area contributed by atoms with Crippen LogP contribution >= 0.6 is 0 Å². The lowest BCUT2D eigenvalue weighted by molar-refractivity contribution is 0.0690. The lowest BCUT2D eigenvalue weighted by Gasteiger charge is -2.09. The Morgan fingerprint density at radius 3 is 2.82 bits per heavy atom. The Morgan fingerprint density at radius 2 is 2.29 bits per heavy atom. The number of nitrogens with one attached hydrogen (secondary N) is 1. The number of rotatable bonds is 5. The minimum atomic E-state index is -1.10. The van der Waals surface area contributed by atoms with E-state index in [9.17, 15) is 4.79 Å². The van der Waals surface area contributed by atoms with Gasteiger partial charge in [0.15, 0.2) is 5.69 Å². The molecule has 0 spiro atoms. The van der Waals surface area contributed by atoms with Gasteiger partial charge >= 0.3 is 5.97 Å². The van der Waals surface area contributed by atoms with Gasteiger partial charge in [-0.15, -0.1) is 0 Å². The van der Waals surface area contributed by atoms with E-state index in [4.69, 9.17) is 10.4 Å². The SMILES string of the molecule is CC(C)CCNc1nc(C(=O)O)ccc1C#N. The maximum atomic E-state index is 10.8. The topological polar surface area (TPSA) is 86.0 Å². The van der Waals surface area contributed by atoms with Crippen LogP contribution in [0.15, 0.2) is 12.1 Å². The number of aromatic carboxylic acids is 1. The van der Waals surface area contributed by atoms with E-state index >= 15 is 0 Å². The first kappa shape index (κ1) is 13.0. The van der Waals surface area contributed by atoms with Crippen molar-refractivity contribution in [2.75, 3.05) is 11.9 Å². The van der Waals surface area contributed by atoms with Crippen LogP contribution in [-0.2, 0) is 0 Å². The molecule has 0 saturated carbocycles. The fourth-order valence-corrected chi connectivity index (χ4v) is 1.28. The Morgan fingerprint density at radius 1 is 1.59 bits per heavy atom. The van der Waals surface area contributed by atoms with E-state index in [0.717, 1.165) is 6.42 Å². The number of hydrogen-bond donors (Lipinski definition) is 2. The molecule has 0 aliphatic heterocycles. The predicted molar refractivity (Wildman–Crippen MR) is 63.9 cm³/mol. The van der Waals surface area contributed by atoms with Crippen LogP contribution in [0.2, 0.25) is 0 Å². The minimum absolute atomic E-state index is 0.0592. The van der Waals surface area contributed by atoms with Crippen molar-refractivity contribution in [2.45, 2.75) is 20.3 Å². The summed E-state index contributed by atoms with van der Waals surface area (Å²) in [6.45, 7) is 4.85. The second-order valence-corrected chi connectivity index (χ2v) is 4.12. The van der Waals surface area contributed by atoms with Crippen molar-refractivity contribution < 1.29 is 9.90 Å². The standard InChI is InChI=1S/C12H15N3O2/c1-8(2)5-6-14-11-9(7-13)3-4-10(15-11)12(16)17/h3-4,8H,5-6H2,1-2H3,(H,14,15)(H,16,17). The lowest BCUT2D eigenvalue weighted by Crippen LogP contribution is -2.10. The fourth-order valence-electron chi connectivity index (χ4n) is 1.28. The number of pyridine rings is 1. The van der Waals surface area contributed by atoms with E-state index < -0.39 is 5.97 Å². The van der Waals surface area contributed by atoms with Crippen molar-refractivity contribution in [1.82, 2.24) is 4.98 Å². The van der Waals surface area contributed by atoms with Crippen molar-refractivity contribution >= 4 is 11.8 Å². The molecule has 0 unspecified atom stereocenters. The van der Waals surface area contributed by atoms with Crippen molar-refractivity contribution in [3.8, 4) is 6.07 Å². The fraction of sp³-hybridized carbons (Fsp3) is 0.417. The van der Waals surface area contributed by atoms with Crippen LogP contribution in [0.1, 0.15) is 36.3 Å². The molecule has 0 bridgehead atoms. The number of carbonyl (C=O) groups is 1. The van der Waals surface area contributed by atoms with Gasteiger partial charge in [0.05, 0.1) is 5.56 Å². The summed E-state index contributed by atoms with van der Waals surface area (Å²) < 4.78 is 0. The molecule has 1 heterocycles. The highest BCUT2D eigenvalue weighted by Crippen LogP contribution is 2.13. The van der Waals surface area contributed by atoms with E-state index in [2.05, 4.69) is 24.1 Å². The number of carboxylic acid groups (broad SMARTS) is 1. The summed E-state index contributed by atoms with van der Waals surface area (Å²) in [5.74, 6) is -0.217. The molecule has 1 rings (SSSR count). The monoisotopic (exact) mass is 233 g/mol. The summed E-state index contributed by atoms with van der Waals surface area (Å²) in [6, 6.07) is 4.78. The van der Waals surface area contributed by atoms with Crippen LogP contribution in [0.5, 0.6) is 0 Å². The molecule has 1 aromatic heterocycles. The quantitative estimate of drug-likeness (QED) is 0.813. The van der Waals surface area contributed by atoms with Gasteiger partial charge in [0.2, 0.25) is 0 Å². The van der Waals surface area contributed by atoms with Crippen LogP contribution in [0.25, 0.3) is 0 Å². The molecule has 90 valence electrons. The summed E-state index contributed by atoms with van der Waals surface area (Å²) >= 11 is 0. The summed E-state index contributed by atoms with van der Waals surface area (Å²) in [4.78, 5) is 14.7. The van der Waals surface area contributed by atoms with Gasteiger partial charge in [-0.2, -0.15) is 5.26 Å². The molecule has 0 amide bonds. The van der Waals surface area contributed by atoms with Crippen LogP contribution < -0.4 is 5.32 Å². The number of hydrogen-bond acceptors (Lipinski definition) is 4. The van der Waals surface area contributed by atoms with E-state index in [0.29, 0.717) is 23.8 Å². The zero-order valence-electron chi connectivity index (χ0n) is 9.90. The van der Waals surface area contributed by atoms with Gasteiger partial charge in [-0.25, -0.2) is 9.78 Å². The van der Waals surface area contributed by atoms with Crippen LogP contribution in [0.3, 0.4) is 0 Å². The zero-order chi connectivity index (χ0) is 12.8. The van der Waals surface area contributed by atoms with Crippen LogP contribution in [0.4, 0.5) is 5.82 Å². The number of nitriles is 1. The van der Waals surface area contributed by atoms with Gasteiger partial charge in [-0.05, 0) is 24.5 Å². The highest BCUT2D eigenvalue weighted by molar-refractivity contribution is 5.86. The first-order chi connectivity index (χ1) is 8.04. The molecule has 5 nitrogen and oxygen atoms in total. The van der Waals surface area contributed by atoms with Gasteiger partial charge in [0.25, 0.3) is 0 Å². The smallest absolute Gasteiger partial charge is 0.354 e. The van der Waals surface area contributed by atoms with E-state index in [1.165, 1.54) is 12.1 Å². The first-order valence-corrected chi connectivity index (χ1v) is 5.43. The molecule has 0 aromatic carbocycles. The van der Waals surface area contributed by atoms with Crippen LogP contribution in [-0.4, -0.2) is 22.6 Å². The first-order valence-electron chi connectivity index (χ1n) is 5.43. The third-order valence-corrected chi connectivity index (χ3v) is 2.25. The largest absolute Gasteiger partial charge is 0.477 e. The molecule has 17 heavy (non-hydrogen) atoms. The van der Waals surface area contributed by atoms with E-state index in [1.54, 1.807) is 0 Å². The molecule has 0 aliphatic carbocycles. The minimum Gasteiger partial charge on any atom is -0.477 e. The maximum absolute atomic E-state index is 10.8. The Bertz CT molecular complexity index is 450. The van der Waals surface area contributed by atoms with Gasteiger partial charge in [-0.3, -0.25) is 0 Å². The highest BCUT2D eigenvalue weighted by atomic mass is 16.4. The third-order valence-electron chi connectivity index (χ3n) is 2.25. The Labute approximate surface area is 100 Å². The number of aromatic nitrogens is 1. The highest BCUT2D eigenvalue weighted by Gasteiger charge is 2.09. The molecule has 0 radical (unpaired) electrons. The molecule has 0 fully saturated rings. The number of carboxylic acids is 1. The lowest BCUT2D eigenvalue weighted by atomic mass is 10.1. The van der Waals surface area contributed by atoms with Gasteiger partial charge < -0.3 is 10.4 Å². The molecule has 0 atom stereocenters. The summed E-state index contributed by atoms with van der Waals surface area (Å²) in [6.07, 6.45) is 0.934. The van der Waals surface area contributed by atoms with Crippen LogP contribution in [0, 0.1) is 17.2 Å². The predicted octanol–water partition coefficient (Wildman–Crippen LogP) is 2.11. The number of nitrogens with zero attached hydrogens (tertiary/aromatic N) is 2. The number of anilines is 1. The molecular weight excluding hydrogens is 218 g/mol. The average molecular weight is 233 g/mol. The second kappa shape index (κ2) is 5.85. The van der Waals surface area contributed by atoms with Crippen molar-refractivity contribution in [2.24, 2.45) is 5.92 Å². The Kier molecular flexibility index (Phi) is 4.46. The summed E-state index contributed by atoms with van der Waals surface area (Å²) in [5.41, 5.74) is 0.301. The Balaban J connectivity index is 2.84. The molecule has 0 aliphatic rings. The van der Waals surface area contributed by atoms with E-state index in [1.807, 2.05) is 6.07 Å². The average Bonchev–Trinajstić information content (AvgIpc) is 2.28. The second-order valence-electron chi connectivity index (χ2n) is 4.12. The summed E-state index contributed by atoms with van der Waals surface area (Å²) in [7, 11) is 0. The van der Waals surface area contributed by atoms with Gasteiger partial charge in [-0.1, -0.05) is 13.8 Å². The van der Waals surface area contributed by atoms with Crippen molar-refractivity contribution in [1.29, 1.82) is 5.26 Å². The summed E-state index contributed by atoms with van der Waals surface area (Å²) in [5, 5.41) is 20.7. The zero-order valence-corrected chi connectivity index (χ0v) is 9.90. The van der Waals surface area contributed by atoms with Crippen molar-refractivity contribution in [3.63, 3.8) is 0 Å².